The van der Waals surface area contributed by atoms with Crippen LogP contribution in [0.2, 0.25) is 0 Å². The lowest BCUT2D eigenvalue weighted by molar-refractivity contribution is -0.118. The molecule has 0 aliphatic heterocycles. The summed E-state index contributed by atoms with van der Waals surface area (Å²) >= 11 is 0. The highest BCUT2D eigenvalue weighted by molar-refractivity contribution is 5.72. The van der Waals surface area contributed by atoms with Crippen LogP contribution in [0.1, 0.15) is 18.9 Å². The molecule has 1 amide bonds. The maximum atomic E-state index is 10.6. The predicted octanol–water partition coefficient (Wildman–Crippen LogP) is 0.927. The van der Waals surface area contributed by atoms with Crippen molar-refractivity contribution in [2.75, 3.05) is 25.4 Å². The minimum Gasteiger partial charge on any atom is -0.399 e. The van der Waals surface area contributed by atoms with E-state index in [1.807, 2.05) is 24.3 Å². The molecule has 0 saturated carbocycles. The van der Waals surface area contributed by atoms with Crippen LogP contribution in [0.5, 0.6) is 0 Å². The van der Waals surface area contributed by atoms with Crippen LogP contribution in [0.15, 0.2) is 24.3 Å². The van der Waals surface area contributed by atoms with Crippen LogP contribution >= 0.6 is 0 Å². The largest absolute Gasteiger partial charge is 0.399 e. The molecule has 1 aromatic carbocycles. The van der Waals surface area contributed by atoms with Gasteiger partial charge >= 0.3 is 0 Å². The molecule has 0 atom stereocenters. The predicted molar refractivity (Wildman–Crippen MR) is 70.7 cm³/mol. The molecule has 0 unspecified atom stereocenters. The summed E-state index contributed by atoms with van der Waals surface area (Å²) in [7, 11) is 0. The normalized spacial score (nSPS) is 10.2. The molecule has 0 saturated heterocycles. The molecule has 0 radical (unpaired) electrons. The van der Waals surface area contributed by atoms with Crippen molar-refractivity contribution in [3.05, 3.63) is 29.8 Å². The quantitative estimate of drug-likeness (QED) is 0.486. The summed E-state index contributed by atoms with van der Waals surface area (Å²) in [6.45, 7) is 4.15. The zero-order chi connectivity index (χ0) is 12.5. The maximum Gasteiger partial charge on any atom is 0.216 e. The second-order valence-electron chi connectivity index (χ2n) is 4.08. The van der Waals surface area contributed by atoms with Gasteiger partial charge < -0.3 is 16.4 Å². The van der Waals surface area contributed by atoms with Crippen LogP contribution in [0.3, 0.4) is 0 Å². The lowest BCUT2D eigenvalue weighted by Gasteiger charge is -2.05. The Balaban J connectivity index is 2.01. The van der Waals surface area contributed by atoms with Crippen molar-refractivity contribution in [2.24, 2.45) is 0 Å². The first-order chi connectivity index (χ1) is 8.18. The van der Waals surface area contributed by atoms with Gasteiger partial charge in [-0.25, -0.2) is 0 Å². The third-order valence-corrected chi connectivity index (χ3v) is 2.47. The Morgan fingerprint density at radius 3 is 2.53 bits per heavy atom. The number of rotatable bonds is 7. The molecule has 0 heterocycles. The van der Waals surface area contributed by atoms with Gasteiger partial charge in [-0.2, -0.15) is 0 Å². The van der Waals surface area contributed by atoms with Crippen molar-refractivity contribution < 1.29 is 4.79 Å². The molecule has 0 fully saturated rings. The summed E-state index contributed by atoms with van der Waals surface area (Å²) in [5, 5.41) is 6.11. The first kappa shape index (κ1) is 13.5. The van der Waals surface area contributed by atoms with Crippen LogP contribution in [-0.2, 0) is 11.2 Å². The van der Waals surface area contributed by atoms with Gasteiger partial charge in [-0.15, -0.1) is 0 Å². The Morgan fingerprint density at radius 2 is 1.88 bits per heavy atom. The maximum absolute atomic E-state index is 10.6. The fourth-order valence-corrected chi connectivity index (χ4v) is 1.52. The minimum atomic E-state index is 0.0341. The fourth-order valence-electron chi connectivity index (χ4n) is 1.52. The molecule has 0 bridgehead atoms. The van der Waals surface area contributed by atoms with E-state index in [9.17, 15) is 4.79 Å². The first-order valence-corrected chi connectivity index (χ1v) is 5.98. The molecule has 17 heavy (non-hydrogen) atoms. The van der Waals surface area contributed by atoms with Gasteiger partial charge in [0.15, 0.2) is 0 Å². The number of carbonyl (C=O) groups is 1. The SMILES string of the molecule is CC(=O)NCCCNCCc1ccc(N)cc1. The van der Waals surface area contributed by atoms with Gasteiger partial charge in [0, 0.05) is 19.2 Å². The van der Waals surface area contributed by atoms with Crippen molar-refractivity contribution >= 4 is 11.6 Å². The van der Waals surface area contributed by atoms with Crippen LogP contribution in [0.25, 0.3) is 0 Å². The van der Waals surface area contributed by atoms with Gasteiger partial charge in [0.1, 0.15) is 0 Å². The lowest BCUT2D eigenvalue weighted by Crippen LogP contribution is -2.26. The molecule has 94 valence electrons. The monoisotopic (exact) mass is 235 g/mol. The minimum absolute atomic E-state index is 0.0341. The van der Waals surface area contributed by atoms with E-state index >= 15 is 0 Å². The summed E-state index contributed by atoms with van der Waals surface area (Å²) in [4.78, 5) is 10.6. The number of nitrogen functional groups attached to an aromatic ring is 1. The van der Waals surface area contributed by atoms with Gasteiger partial charge in [-0.1, -0.05) is 12.1 Å². The van der Waals surface area contributed by atoms with Gasteiger partial charge in [0.25, 0.3) is 0 Å². The average molecular weight is 235 g/mol. The highest BCUT2D eigenvalue weighted by Crippen LogP contribution is 2.05. The zero-order valence-electron chi connectivity index (χ0n) is 10.3. The van der Waals surface area contributed by atoms with E-state index in [0.29, 0.717) is 0 Å². The average Bonchev–Trinajstić information content (AvgIpc) is 2.30. The molecular formula is C13H21N3O. The molecule has 1 rings (SSSR count). The van der Waals surface area contributed by atoms with Gasteiger partial charge in [0.05, 0.1) is 0 Å². The van der Waals surface area contributed by atoms with E-state index < -0.39 is 0 Å². The Bertz CT molecular complexity index is 335. The van der Waals surface area contributed by atoms with Crippen LogP contribution < -0.4 is 16.4 Å². The standard InChI is InChI=1S/C13H21N3O/c1-11(17)16-9-2-8-15-10-7-12-3-5-13(14)6-4-12/h3-6,15H,2,7-10,14H2,1H3,(H,16,17). The molecule has 4 N–H and O–H groups in total. The fraction of sp³-hybridized carbons (Fsp3) is 0.462. The number of carbonyl (C=O) groups excluding carboxylic acids is 1. The van der Waals surface area contributed by atoms with Crippen molar-refractivity contribution in [3.8, 4) is 0 Å². The van der Waals surface area contributed by atoms with E-state index in [-0.39, 0.29) is 5.91 Å². The number of anilines is 1. The number of hydrogen-bond donors (Lipinski definition) is 3. The van der Waals surface area contributed by atoms with Gasteiger partial charge in [-0.3, -0.25) is 4.79 Å². The van der Waals surface area contributed by atoms with E-state index in [1.165, 1.54) is 12.5 Å². The van der Waals surface area contributed by atoms with E-state index in [4.69, 9.17) is 5.73 Å². The van der Waals surface area contributed by atoms with E-state index in [0.717, 1.165) is 38.2 Å². The number of hydrogen-bond acceptors (Lipinski definition) is 3. The molecule has 0 aliphatic rings. The smallest absolute Gasteiger partial charge is 0.216 e. The highest BCUT2D eigenvalue weighted by atomic mass is 16.1. The summed E-state index contributed by atoms with van der Waals surface area (Å²) < 4.78 is 0. The van der Waals surface area contributed by atoms with Gasteiger partial charge in [0.2, 0.25) is 5.91 Å². The first-order valence-electron chi connectivity index (χ1n) is 5.98. The molecule has 4 heteroatoms. The number of benzene rings is 1. The Labute approximate surface area is 103 Å². The molecule has 1 aromatic rings. The molecule has 0 aliphatic carbocycles. The summed E-state index contributed by atoms with van der Waals surface area (Å²) in [5.74, 6) is 0.0341. The topological polar surface area (TPSA) is 67.2 Å². The molecule has 0 spiro atoms. The van der Waals surface area contributed by atoms with Crippen LogP contribution in [-0.4, -0.2) is 25.5 Å². The highest BCUT2D eigenvalue weighted by Gasteiger charge is 1.94. The van der Waals surface area contributed by atoms with Crippen LogP contribution in [0, 0.1) is 0 Å². The summed E-state index contributed by atoms with van der Waals surface area (Å²) in [6.07, 6.45) is 1.96. The lowest BCUT2D eigenvalue weighted by atomic mass is 10.1. The Morgan fingerprint density at radius 1 is 1.18 bits per heavy atom. The summed E-state index contributed by atoms with van der Waals surface area (Å²) in [6, 6.07) is 7.95. The van der Waals surface area contributed by atoms with E-state index in [2.05, 4.69) is 10.6 Å². The van der Waals surface area contributed by atoms with E-state index in [1.54, 1.807) is 0 Å². The molecule has 4 nitrogen and oxygen atoms in total. The van der Waals surface area contributed by atoms with Gasteiger partial charge in [-0.05, 0) is 43.6 Å². The van der Waals surface area contributed by atoms with Crippen molar-refractivity contribution in [1.29, 1.82) is 0 Å². The molecule has 0 aromatic heterocycles. The number of nitrogens with two attached hydrogens (primary N) is 1. The van der Waals surface area contributed by atoms with Crippen LogP contribution in [0.4, 0.5) is 5.69 Å². The second-order valence-corrected chi connectivity index (χ2v) is 4.08. The number of amides is 1. The van der Waals surface area contributed by atoms with Crippen molar-refractivity contribution in [2.45, 2.75) is 19.8 Å². The molecular weight excluding hydrogens is 214 g/mol. The summed E-state index contributed by atoms with van der Waals surface area (Å²) in [5.41, 5.74) is 7.70. The zero-order valence-corrected chi connectivity index (χ0v) is 10.3. The third-order valence-electron chi connectivity index (χ3n) is 2.47. The van der Waals surface area contributed by atoms with Crippen molar-refractivity contribution in [3.63, 3.8) is 0 Å². The number of nitrogens with one attached hydrogen (secondary N) is 2. The van der Waals surface area contributed by atoms with Crippen molar-refractivity contribution in [1.82, 2.24) is 10.6 Å². The third kappa shape index (κ3) is 6.58. The Kier molecular flexibility index (Phi) is 6.10. The Hall–Kier alpha value is -1.55. The second kappa shape index (κ2) is 7.68.